The van der Waals surface area contributed by atoms with Crippen molar-refractivity contribution >= 4 is 0 Å². The van der Waals surface area contributed by atoms with Gasteiger partial charge in [-0.3, -0.25) is 4.90 Å². The predicted octanol–water partition coefficient (Wildman–Crippen LogP) is 1.67. The van der Waals surface area contributed by atoms with Gasteiger partial charge < -0.3 is 14.8 Å². The lowest BCUT2D eigenvalue weighted by atomic mass is 10.0. The maximum absolute atomic E-state index is 5.53. The van der Waals surface area contributed by atoms with E-state index in [0.29, 0.717) is 0 Å². The van der Waals surface area contributed by atoms with Crippen LogP contribution in [0.25, 0.3) is 0 Å². The number of nitrogens with zero attached hydrogens (tertiary/aromatic N) is 1. The van der Waals surface area contributed by atoms with Gasteiger partial charge in [0, 0.05) is 38.3 Å². The summed E-state index contributed by atoms with van der Waals surface area (Å²) in [6.07, 6.45) is 0.960. The molecule has 1 saturated heterocycles. The summed E-state index contributed by atoms with van der Waals surface area (Å²) in [4.78, 5) is 2.48. The number of benzene rings is 1. The molecular formula is C15H24N2O2. The average Bonchev–Trinajstić information content (AvgIpc) is 2.47. The van der Waals surface area contributed by atoms with E-state index in [-0.39, 0.29) is 0 Å². The molecule has 4 nitrogen and oxygen atoms in total. The number of hydrogen-bond donors (Lipinski definition) is 1. The molecule has 1 aliphatic rings. The van der Waals surface area contributed by atoms with Crippen LogP contribution in [0.2, 0.25) is 0 Å². The molecule has 1 aromatic rings. The molecule has 0 amide bonds. The van der Waals surface area contributed by atoms with Gasteiger partial charge in [-0.15, -0.1) is 0 Å². The summed E-state index contributed by atoms with van der Waals surface area (Å²) in [6, 6.07) is 4.18. The second-order valence-corrected chi connectivity index (χ2v) is 4.82. The van der Waals surface area contributed by atoms with E-state index in [4.69, 9.17) is 9.47 Å². The molecule has 0 radical (unpaired) electrons. The molecule has 1 heterocycles. The molecular weight excluding hydrogens is 240 g/mol. The Morgan fingerprint density at radius 3 is 2.47 bits per heavy atom. The van der Waals surface area contributed by atoms with E-state index in [2.05, 4.69) is 23.2 Å². The molecule has 0 aliphatic carbocycles. The predicted molar refractivity (Wildman–Crippen MR) is 77.1 cm³/mol. The maximum Gasteiger partial charge on any atom is 0.164 e. The van der Waals surface area contributed by atoms with E-state index in [1.807, 2.05) is 6.07 Å². The number of ether oxygens (including phenoxy) is 2. The minimum absolute atomic E-state index is 0.823. The summed E-state index contributed by atoms with van der Waals surface area (Å²) in [5, 5.41) is 3.38. The summed E-state index contributed by atoms with van der Waals surface area (Å²) in [5.41, 5.74) is 2.61. The second kappa shape index (κ2) is 6.78. The molecule has 1 aromatic carbocycles. The van der Waals surface area contributed by atoms with Crippen LogP contribution < -0.4 is 14.8 Å². The molecule has 106 valence electrons. The lowest BCUT2D eigenvalue weighted by molar-refractivity contribution is 0.232. The summed E-state index contributed by atoms with van der Waals surface area (Å²) in [6.45, 7) is 7.53. The molecule has 19 heavy (non-hydrogen) atoms. The standard InChI is InChI=1S/C15H24N2O2/c1-4-13-12(11-17-9-7-16-8-10-17)5-6-14(18-2)15(13)19-3/h5-6,16H,4,7-11H2,1-3H3. The maximum atomic E-state index is 5.53. The molecule has 1 N–H and O–H groups in total. The fourth-order valence-electron chi connectivity index (χ4n) is 2.68. The summed E-state index contributed by atoms with van der Waals surface area (Å²) in [5.74, 6) is 1.71. The van der Waals surface area contributed by atoms with Crippen molar-refractivity contribution in [2.75, 3.05) is 40.4 Å². The highest BCUT2D eigenvalue weighted by Crippen LogP contribution is 2.34. The Labute approximate surface area is 115 Å². The first-order chi connectivity index (χ1) is 9.30. The van der Waals surface area contributed by atoms with Crippen molar-refractivity contribution in [3.63, 3.8) is 0 Å². The number of rotatable bonds is 5. The highest BCUT2D eigenvalue weighted by Gasteiger charge is 2.16. The molecule has 0 spiro atoms. The fraction of sp³-hybridized carbons (Fsp3) is 0.600. The van der Waals surface area contributed by atoms with Crippen LogP contribution in [0.5, 0.6) is 11.5 Å². The van der Waals surface area contributed by atoms with E-state index in [9.17, 15) is 0 Å². The van der Waals surface area contributed by atoms with E-state index >= 15 is 0 Å². The Morgan fingerprint density at radius 1 is 1.16 bits per heavy atom. The Hall–Kier alpha value is -1.26. The summed E-state index contributed by atoms with van der Waals surface area (Å²) in [7, 11) is 3.40. The van der Waals surface area contributed by atoms with Gasteiger partial charge in [-0.25, -0.2) is 0 Å². The van der Waals surface area contributed by atoms with Gasteiger partial charge in [0.1, 0.15) is 0 Å². The van der Waals surface area contributed by atoms with Crippen LogP contribution >= 0.6 is 0 Å². The van der Waals surface area contributed by atoms with Crippen molar-refractivity contribution in [3.05, 3.63) is 23.3 Å². The third kappa shape index (κ3) is 3.19. The van der Waals surface area contributed by atoms with Crippen LogP contribution in [-0.2, 0) is 13.0 Å². The molecule has 1 fully saturated rings. The minimum atomic E-state index is 0.823. The lowest BCUT2D eigenvalue weighted by Gasteiger charge is -2.28. The summed E-state index contributed by atoms with van der Waals surface area (Å²) >= 11 is 0. The Balaban J connectivity index is 2.23. The first-order valence-electron chi connectivity index (χ1n) is 6.96. The summed E-state index contributed by atoms with van der Waals surface area (Å²) < 4.78 is 10.9. The van der Waals surface area contributed by atoms with E-state index in [1.165, 1.54) is 11.1 Å². The van der Waals surface area contributed by atoms with Gasteiger partial charge in [-0.1, -0.05) is 13.0 Å². The van der Waals surface area contributed by atoms with Crippen LogP contribution in [0.3, 0.4) is 0 Å². The van der Waals surface area contributed by atoms with Gasteiger partial charge in [-0.05, 0) is 18.1 Å². The van der Waals surface area contributed by atoms with Gasteiger partial charge in [0.2, 0.25) is 0 Å². The third-order valence-corrected chi connectivity index (χ3v) is 3.70. The van der Waals surface area contributed by atoms with Crippen LogP contribution in [0.1, 0.15) is 18.1 Å². The molecule has 1 aliphatic heterocycles. The lowest BCUT2D eigenvalue weighted by Crippen LogP contribution is -2.43. The Kier molecular flexibility index (Phi) is 5.05. The quantitative estimate of drug-likeness (QED) is 0.877. The molecule has 0 saturated carbocycles. The first-order valence-corrected chi connectivity index (χ1v) is 6.96. The van der Waals surface area contributed by atoms with E-state index in [0.717, 1.165) is 50.6 Å². The van der Waals surface area contributed by atoms with E-state index < -0.39 is 0 Å². The van der Waals surface area contributed by atoms with Gasteiger partial charge >= 0.3 is 0 Å². The highest BCUT2D eigenvalue weighted by atomic mass is 16.5. The number of hydrogen-bond acceptors (Lipinski definition) is 4. The van der Waals surface area contributed by atoms with Crippen LogP contribution in [-0.4, -0.2) is 45.3 Å². The van der Waals surface area contributed by atoms with Crippen molar-refractivity contribution in [2.45, 2.75) is 19.9 Å². The minimum Gasteiger partial charge on any atom is -0.493 e. The number of piperazine rings is 1. The smallest absolute Gasteiger partial charge is 0.164 e. The Bertz CT molecular complexity index is 415. The van der Waals surface area contributed by atoms with E-state index in [1.54, 1.807) is 14.2 Å². The first kappa shape index (κ1) is 14.2. The zero-order valence-corrected chi connectivity index (χ0v) is 12.2. The topological polar surface area (TPSA) is 33.7 Å². The van der Waals surface area contributed by atoms with Crippen LogP contribution in [0, 0.1) is 0 Å². The average molecular weight is 264 g/mol. The Morgan fingerprint density at radius 2 is 1.89 bits per heavy atom. The molecule has 0 atom stereocenters. The third-order valence-electron chi connectivity index (χ3n) is 3.70. The van der Waals surface area contributed by atoms with Crippen molar-refractivity contribution in [3.8, 4) is 11.5 Å². The number of methoxy groups -OCH3 is 2. The molecule has 2 rings (SSSR count). The zero-order valence-electron chi connectivity index (χ0n) is 12.2. The second-order valence-electron chi connectivity index (χ2n) is 4.82. The van der Waals surface area contributed by atoms with Crippen molar-refractivity contribution < 1.29 is 9.47 Å². The molecule has 4 heteroatoms. The van der Waals surface area contributed by atoms with Crippen molar-refractivity contribution in [2.24, 2.45) is 0 Å². The van der Waals surface area contributed by atoms with Crippen LogP contribution in [0.4, 0.5) is 0 Å². The fourth-order valence-corrected chi connectivity index (χ4v) is 2.68. The largest absolute Gasteiger partial charge is 0.493 e. The molecule has 0 bridgehead atoms. The van der Waals surface area contributed by atoms with Gasteiger partial charge in [0.25, 0.3) is 0 Å². The molecule has 0 aromatic heterocycles. The van der Waals surface area contributed by atoms with Gasteiger partial charge in [-0.2, -0.15) is 0 Å². The highest BCUT2D eigenvalue weighted by molar-refractivity contribution is 5.50. The zero-order chi connectivity index (χ0) is 13.7. The normalized spacial score (nSPS) is 16.4. The van der Waals surface area contributed by atoms with Crippen molar-refractivity contribution in [1.82, 2.24) is 10.2 Å². The van der Waals surface area contributed by atoms with Crippen molar-refractivity contribution in [1.29, 1.82) is 0 Å². The van der Waals surface area contributed by atoms with Crippen LogP contribution in [0.15, 0.2) is 12.1 Å². The van der Waals surface area contributed by atoms with Gasteiger partial charge in [0.15, 0.2) is 11.5 Å². The SMILES string of the molecule is CCc1c(CN2CCNCC2)ccc(OC)c1OC. The molecule has 0 unspecified atom stereocenters. The van der Waals surface area contributed by atoms with Gasteiger partial charge in [0.05, 0.1) is 14.2 Å². The monoisotopic (exact) mass is 264 g/mol. The number of nitrogens with one attached hydrogen (secondary N) is 1.